The van der Waals surface area contributed by atoms with Gasteiger partial charge in [-0.05, 0) is 17.7 Å². The van der Waals surface area contributed by atoms with Crippen LogP contribution >= 0.6 is 0 Å². The van der Waals surface area contributed by atoms with Crippen LogP contribution in [0.5, 0.6) is 0 Å². The van der Waals surface area contributed by atoms with Crippen LogP contribution in [-0.4, -0.2) is 74.3 Å². The summed E-state index contributed by atoms with van der Waals surface area (Å²) in [6.07, 6.45) is -0.424. The third-order valence-electron chi connectivity index (χ3n) is 5.19. The Labute approximate surface area is 187 Å². The summed E-state index contributed by atoms with van der Waals surface area (Å²) in [6.45, 7) is 4.13. The smallest absolute Gasteiger partial charge is 0.409 e. The van der Waals surface area contributed by atoms with Crippen LogP contribution in [0.15, 0.2) is 42.5 Å². The molecule has 9 heteroatoms. The van der Waals surface area contributed by atoms with Crippen molar-refractivity contribution in [2.24, 2.45) is 0 Å². The molecule has 0 radical (unpaired) electrons. The lowest BCUT2D eigenvalue weighted by Gasteiger charge is -2.25. The molecule has 1 saturated heterocycles. The number of benzene rings is 1. The van der Waals surface area contributed by atoms with E-state index in [2.05, 4.69) is 15.6 Å². The fraction of sp³-hybridized carbons (Fsp3) is 0.391. The van der Waals surface area contributed by atoms with Gasteiger partial charge in [0.05, 0.1) is 19.8 Å². The van der Waals surface area contributed by atoms with Crippen LogP contribution in [0.2, 0.25) is 0 Å². The van der Waals surface area contributed by atoms with Crippen molar-refractivity contribution in [3.05, 3.63) is 65.0 Å². The number of pyridine rings is 1. The van der Waals surface area contributed by atoms with E-state index in [1.165, 1.54) is 13.1 Å². The number of carbonyl (C=O) groups is 3. The van der Waals surface area contributed by atoms with Crippen LogP contribution in [0.3, 0.4) is 0 Å². The zero-order chi connectivity index (χ0) is 22.9. The van der Waals surface area contributed by atoms with E-state index in [4.69, 9.17) is 9.47 Å². The number of carbonyl (C=O) groups excluding carboxylic acids is 3. The molecule has 1 aliphatic heterocycles. The molecular formula is C23H28N4O5. The third-order valence-corrected chi connectivity index (χ3v) is 5.19. The molecule has 1 fully saturated rings. The molecule has 1 aromatic heterocycles. The molecule has 1 aromatic carbocycles. The van der Waals surface area contributed by atoms with E-state index >= 15 is 0 Å². The highest BCUT2D eigenvalue weighted by Gasteiger charge is 2.19. The van der Waals surface area contributed by atoms with Crippen LogP contribution in [0.25, 0.3) is 0 Å². The minimum atomic E-state index is -0.424. The molecule has 2 heterocycles. The van der Waals surface area contributed by atoms with Crippen molar-refractivity contribution in [3.8, 4) is 0 Å². The van der Waals surface area contributed by atoms with Crippen LogP contribution in [0.4, 0.5) is 4.79 Å². The van der Waals surface area contributed by atoms with Crippen molar-refractivity contribution in [1.82, 2.24) is 20.5 Å². The maximum Gasteiger partial charge on any atom is 0.409 e. The lowest BCUT2D eigenvalue weighted by Crippen LogP contribution is -2.41. The Hall–Kier alpha value is -3.46. The van der Waals surface area contributed by atoms with Gasteiger partial charge in [-0.25, -0.2) is 9.78 Å². The van der Waals surface area contributed by atoms with Gasteiger partial charge in [0, 0.05) is 37.3 Å². The number of rotatable bonds is 7. The highest BCUT2D eigenvalue weighted by molar-refractivity contribution is 5.98. The minimum absolute atomic E-state index is 0.0442. The zero-order valence-corrected chi connectivity index (χ0v) is 18.3. The molecule has 1 unspecified atom stereocenters. The summed E-state index contributed by atoms with van der Waals surface area (Å²) in [5.74, 6) is -0.857. The molecule has 0 bridgehead atoms. The van der Waals surface area contributed by atoms with E-state index in [1.807, 2.05) is 37.3 Å². The maximum absolute atomic E-state index is 12.7. The van der Waals surface area contributed by atoms with Crippen molar-refractivity contribution >= 4 is 17.9 Å². The monoisotopic (exact) mass is 440 g/mol. The Morgan fingerprint density at radius 3 is 2.53 bits per heavy atom. The van der Waals surface area contributed by atoms with Crippen molar-refractivity contribution < 1.29 is 23.9 Å². The zero-order valence-electron chi connectivity index (χ0n) is 18.3. The number of aromatic nitrogens is 1. The highest BCUT2D eigenvalue weighted by atomic mass is 16.6. The number of nitrogens with zero attached hydrogens (tertiary/aromatic N) is 2. The Bertz CT molecular complexity index is 945. The Morgan fingerprint density at radius 1 is 1.12 bits per heavy atom. The van der Waals surface area contributed by atoms with E-state index in [9.17, 15) is 14.4 Å². The standard InChI is InChI=1S/C23H28N4O5/c1-16(17-6-4-3-5-7-17)19-14-18(15-20(26-19)22(29)24-2)21(28)25-8-11-32-23(30)27-9-12-31-13-10-27/h3-7,14-16H,8-13H2,1-2H3,(H,24,29)(H,25,28). The molecule has 9 nitrogen and oxygen atoms in total. The number of ether oxygens (including phenoxy) is 2. The van der Waals surface area contributed by atoms with Crippen molar-refractivity contribution in [2.75, 3.05) is 46.5 Å². The largest absolute Gasteiger partial charge is 0.448 e. The van der Waals surface area contributed by atoms with Crippen molar-refractivity contribution in [3.63, 3.8) is 0 Å². The van der Waals surface area contributed by atoms with E-state index in [1.54, 1.807) is 11.0 Å². The van der Waals surface area contributed by atoms with Gasteiger partial charge in [-0.2, -0.15) is 0 Å². The average Bonchev–Trinajstić information content (AvgIpc) is 2.86. The second-order valence-corrected chi connectivity index (χ2v) is 7.35. The summed E-state index contributed by atoms with van der Waals surface area (Å²) in [5, 5.41) is 5.27. The topological polar surface area (TPSA) is 110 Å². The molecule has 0 saturated carbocycles. The SMILES string of the molecule is CNC(=O)c1cc(C(=O)NCCOC(=O)N2CCOCC2)cc(C(C)c2ccccc2)n1. The predicted molar refractivity (Wildman–Crippen MR) is 118 cm³/mol. The number of hydrogen-bond acceptors (Lipinski definition) is 6. The first-order valence-electron chi connectivity index (χ1n) is 10.6. The number of hydrogen-bond donors (Lipinski definition) is 2. The first-order chi connectivity index (χ1) is 15.5. The molecule has 3 amide bonds. The van der Waals surface area contributed by atoms with Crippen LogP contribution < -0.4 is 10.6 Å². The van der Waals surface area contributed by atoms with E-state index < -0.39 is 6.09 Å². The maximum atomic E-state index is 12.7. The van der Waals surface area contributed by atoms with Crippen LogP contribution in [0, 0.1) is 0 Å². The third kappa shape index (κ3) is 6.04. The lowest BCUT2D eigenvalue weighted by molar-refractivity contribution is 0.0274. The average molecular weight is 441 g/mol. The van der Waals surface area contributed by atoms with E-state index in [0.29, 0.717) is 37.6 Å². The van der Waals surface area contributed by atoms with Gasteiger partial charge in [-0.3, -0.25) is 9.59 Å². The number of amides is 3. The Kier molecular flexibility index (Phi) is 8.15. The van der Waals surface area contributed by atoms with Crippen LogP contribution in [-0.2, 0) is 9.47 Å². The summed E-state index contributed by atoms with van der Waals surface area (Å²) in [7, 11) is 1.51. The Balaban J connectivity index is 1.65. The molecule has 0 aliphatic carbocycles. The molecule has 170 valence electrons. The summed E-state index contributed by atoms with van der Waals surface area (Å²) in [4.78, 5) is 43.0. The van der Waals surface area contributed by atoms with Gasteiger partial charge in [0.1, 0.15) is 12.3 Å². The van der Waals surface area contributed by atoms with E-state index in [0.717, 1.165) is 5.56 Å². The Morgan fingerprint density at radius 2 is 1.84 bits per heavy atom. The molecular weight excluding hydrogens is 412 g/mol. The first kappa shape index (κ1) is 23.2. The van der Waals surface area contributed by atoms with Gasteiger partial charge >= 0.3 is 6.09 Å². The summed E-state index contributed by atoms with van der Waals surface area (Å²) >= 11 is 0. The number of morpholine rings is 1. The second-order valence-electron chi connectivity index (χ2n) is 7.35. The molecule has 32 heavy (non-hydrogen) atoms. The van der Waals surface area contributed by atoms with E-state index in [-0.39, 0.29) is 36.6 Å². The second kappa shape index (κ2) is 11.2. The van der Waals surface area contributed by atoms with Gasteiger partial charge in [0.2, 0.25) is 0 Å². The highest BCUT2D eigenvalue weighted by Crippen LogP contribution is 2.23. The molecule has 0 spiro atoms. The molecule has 2 aromatic rings. The van der Waals surface area contributed by atoms with Gasteiger partial charge in [0.15, 0.2) is 0 Å². The molecule has 3 rings (SSSR count). The lowest BCUT2D eigenvalue weighted by atomic mass is 9.96. The summed E-state index contributed by atoms with van der Waals surface area (Å²) in [5.41, 5.74) is 2.11. The quantitative estimate of drug-likeness (QED) is 0.636. The fourth-order valence-corrected chi connectivity index (χ4v) is 3.30. The van der Waals surface area contributed by atoms with Crippen molar-refractivity contribution in [1.29, 1.82) is 0 Å². The summed E-state index contributed by atoms with van der Waals surface area (Å²) in [6, 6.07) is 12.9. The normalized spacial score (nSPS) is 14.4. The predicted octanol–water partition coefficient (Wildman–Crippen LogP) is 1.79. The van der Waals surface area contributed by atoms with Gasteiger partial charge < -0.3 is 25.0 Å². The molecule has 1 atom stereocenters. The fourth-order valence-electron chi connectivity index (χ4n) is 3.30. The number of nitrogens with one attached hydrogen (secondary N) is 2. The van der Waals surface area contributed by atoms with Gasteiger partial charge in [-0.1, -0.05) is 37.3 Å². The van der Waals surface area contributed by atoms with Gasteiger partial charge in [0.25, 0.3) is 11.8 Å². The van der Waals surface area contributed by atoms with Gasteiger partial charge in [-0.15, -0.1) is 0 Å². The van der Waals surface area contributed by atoms with Crippen LogP contribution in [0.1, 0.15) is 44.9 Å². The first-order valence-corrected chi connectivity index (χ1v) is 10.6. The summed E-state index contributed by atoms with van der Waals surface area (Å²) < 4.78 is 10.4. The molecule has 2 N–H and O–H groups in total. The minimum Gasteiger partial charge on any atom is -0.448 e. The van der Waals surface area contributed by atoms with Crippen molar-refractivity contribution in [2.45, 2.75) is 12.8 Å². The molecule has 1 aliphatic rings.